The van der Waals surface area contributed by atoms with E-state index in [1.807, 2.05) is 6.07 Å². The molecule has 0 spiro atoms. The molecule has 1 aliphatic heterocycles. The highest BCUT2D eigenvalue weighted by atomic mass is 35.5. The van der Waals surface area contributed by atoms with Gasteiger partial charge in [-0.25, -0.2) is 0 Å². The Bertz CT molecular complexity index is 551. The fraction of sp³-hybridized carbons (Fsp3) is 0.250. The van der Waals surface area contributed by atoms with Gasteiger partial charge in [-0.1, -0.05) is 11.6 Å². The summed E-state index contributed by atoms with van der Waals surface area (Å²) in [5.74, 6) is -0.653. The van der Waals surface area contributed by atoms with Gasteiger partial charge in [0.15, 0.2) is 0 Å². The van der Waals surface area contributed by atoms with E-state index in [2.05, 4.69) is 10.6 Å². The summed E-state index contributed by atoms with van der Waals surface area (Å²) in [5, 5.41) is 14.6. The van der Waals surface area contributed by atoms with E-state index in [1.165, 1.54) is 0 Å². The molecule has 1 aliphatic rings. The fourth-order valence-electron chi connectivity index (χ4n) is 1.75. The van der Waals surface area contributed by atoms with Gasteiger partial charge in [0, 0.05) is 11.4 Å². The number of nitriles is 1. The zero-order valence-corrected chi connectivity index (χ0v) is 10.1. The molecule has 0 saturated carbocycles. The molecule has 6 heteroatoms. The molecule has 2 amide bonds. The van der Waals surface area contributed by atoms with E-state index in [0.717, 1.165) is 0 Å². The van der Waals surface area contributed by atoms with E-state index < -0.39 is 6.04 Å². The Balaban J connectivity index is 2.19. The van der Waals surface area contributed by atoms with Gasteiger partial charge in [-0.2, -0.15) is 5.26 Å². The molecule has 1 unspecified atom stereocenters. The third-order valence-electron chi connectivity index (χ3n) is 2.67. The zero-order chi connectivity index (χ0) is 13.1. The van der Waals surface area contributed by atoms with Gasteiger partial charge in [-0.3, -0.25) is 14.9 Å². The van der Waals surface area contributed by atoms with Crippen molar-refractivity contribution >= 4 is 29.1 Å². The van der Waals surface area contributed by atoms with Crippen LogP contribution in [-0.4, -0.2) is 17.9 Å². The molecule has 5 nitrogen and oxygen atoms in total. The van der Waals surface area contributed by atoms with Crippen LogP contribution in [0.5, 0.6) is 0 Å². The Labute approximate surface area is 109 Å². The van der Waals surface area contributed by atoms with Crippen LogP contribution in [0.2, 0.25) is 5.02 Å². The summed E-state index contributed by atoms with van der Waals surface area (Å²) in [6.07, 6.45) is 0.688. The molecule has 0 aromatic heterocycles. The Hall–Kier alpha value is -2.06. The molecule has 18 heavy (non-hydrogen) atoms. The summed E-state index contributed by atoms with van der Waals surface area (Å²) in [4.78, 5) is 22.6. The van der Waals surface area contributed by atoms with Crippen molar-refractivity contribution < 1.29 is 9.59 Å². The quantitative estimate of drug-likeness (QED) is 0.791. The first kappa shape index (κ1) is 12.4. The van der Waals surface area contributed by atoms with E-state index in [0.29, 0.717) is 22.7 Å². The van der Waals surface area contributed by atoms with Crippen molar-refractivity contribution in [3.05, 3.63) is 28.8 Å². The molecule has 0 aliphatic carbocycles. The van der Waals surface area contributed by atoms with Crippen molar-refractivity contribution in [2.75, 3.05) is 5.32 Å². The number of benzene rings is 1. The van der Waals surface area contributed by atoms with Gasteiger partial charge in [0.25, 0.3) is 0 Å². The minimum absolute atomic E-state index is 0.273. The molecule has 2 N–H and O–H groups in total. The SMILES string of the molecule is N#Cc1ccc(Cl)cc1NC1CCC(=O)NC1=O. The Morgan fingerprint density at radius 3 is 2.89 bits per heavy atom. The van der Waals surface area contributed by atoms with Gasteiger partial charge in [-0.15, -0.1) is 0 Å². The Morgan fingerprint density at radius 2 is 2.22 bits per heavy atom. The number of rotatable bonds is 2. The molecule has 0 radical (unpaired) electrons. The molecule has 1 fully saturated rings. The lowest BCUT2D eigenvalue weighted by atomic mass is 10.0. The Morgan fingerprint density at radius 1 is 1.44 bits per heavy atom. The van der Waals surface area contributed by atoms with Crippen LogP contribution in [0, 0.1) is 11.3 Å². The second-order valence-electron chi connectivity index (χ2n) is 3.95. The second-order valence-corrected chi connectivity index (χ2v) is 4.39. The first-order chi connectivity index (χ1) is 8.60. The maximum absolute atomic E-state index is 11.6. The average molecular weight is 264 g/mol. The zero-order valence-electron chi connectivity index (χ0n) is 9.37. The molecule has 1 heterocycles. The predicted molar refractivity (Wildman–Crippen MR) is 66.0 cm³/mol. The summed E-state index contributed by atoms with van der Waals surface area (Å²) >= 11 is 5.85. The van der Waals surface area contributed by atoms with E-state index in [-0.39, 0.29) is 18.2 Å². The van der Waals surface area contributed by atoms with Crippen LogP contribution in [0.3, 0.4) is 0 Å². The molecule has 92 valence electrons. The number of piperidine rings is 1. The highest BCUT2D eigenvalue weighted by Crippen LogP contribution is 2.22. The van der Waals surface area contributed by atoms with E-state index >= 15 is 0 Å². The van der Waals surface area contributed by atoms with Crippen molar-refractivity contribution in [3.8, 4) is 6.07 Å². The number of amides is 2. The number of halogens is 1. The van der Waals surface area contributed by atoms with Crippen molar-refractivity contribution in [2.45, 2.75) is 18.9 Å². The first-order valence-corrected chi connectivity index (χ1v) is 5.78. The number of nitrogens with one attached hydrogen (secondary N) is 2. The van der Waals surface area contributed by atoms with Gasteiger partial charge in [0.2, 0.25) is 11.8 Å². The Kier molecular flexibility index (Phi) is 3.49. The number of imide groups is 1. The second kappa shape index (κ2) is 5.07. The van der Waals surface area contributed by atoms with Gasteiger partial charge in [0.05, 0.1) is 11.3 Å². The molecule has 2 rings (SSSR count). The molecule has 1 saturated heterocycles. The van der Waals surface area contributed by atoms with Gasteiger partial charge in [-0.05, 0) is 24.6 Å². The number of nitrogens with zero attached hydrogens (tertiary/aromatic N) is 1. The lowest BCUT2D eigenvalue weighted by Gasteiger charge is -2.23. The standard InChI is InChI=1S/C12H10ClN3O2/c13-8-2-1-7(6-14)10(5-8)15-9-3-4-11(17)16-12(9)18/h1-2,5,9,15H,3-4H2,(H,16,17,18). The minimum Gasteiger partial charge on any atom is -0.373 e. The topological polar surface area (TPSA) is 82.0 Å². The van der Waals surface area contributed by atoms with Crippen molar-refractivity contribution in [3.63, 3.8) is 0 Å². The lowest BCUT2D eigenvalue weighted by Crippen LogP contribution is -2.47. The molecule has 1 atom stereocenters. The number of carbonyl (C=O) groups excluding carboxylic acids is 2. The normalized spacial score (nSPS) is 19.0. The van der Waals surface area contributed by atoms with Crippen molar-refractivity contribution in [2.24, 2.45) is 0 Å². The van der Waals surface area contributed by atoms with Crippen LogP contribution >= 0.6 is 11.6 Å². The van der Waals surface area contributed by atoms with Gasteiger partial charge < -0.3 is 5.32 Å². The third kappa shape index (κ3) is 2.60. The highest BCUT2D eigenvalue weighted by molar-refractivity contribution is 6.30. The summed E-state index contributed by atoms with van der Waals surface area (Å²) in [6.45, 7) is 0. The minimum atomic E-state index is -0.520. The number of anilines is 1. The first-order valence-electron chi connectivity index (χ1n) is 5.40. The smallest absolute Gasteiger partial charge is 0.249 e. The third-order valence-corrected chi connectivity index (χ3v) is 2.91. The largest absolute Gasteiger partial charge is 0.373 e. The molecule has 1 aromatic rings. The monoisotopic (exact) mass is 263 g/mol. The summed E-state index contributed by atoms with van der Waals surface area (Å²) in [7, 11) is 0. The van der Waals surface area contributed by atoms with Crippen LogP contribution < -0.4 is 10.6 Å². The maximum Gasteiger partial charge on any atom is 0.249 e. The average Bonchev–Trinajstić information content (AvgIpc) is 2.33. The molecular formula is C12H10ClN3O2. The van der Waals surface area contributed by atoms with Crippen molar-refractivity contribution in [1.29, 1.82) is 5.26 Å². The van der Waals surface area contributed by atoms with Crippen molar-refractivity contribution in [1.82, 2.24) is 5.32 Å². The molecule has 0 bridgehead atoms. The maximum atomic E-state index is 11.6. The number of carbonyl (C=O) groups is 2. The van der Waals surface area contributed by atoms with E-state index in [1.54, 1.807) is 18.2 Å². The van der Waals surface area contributed by atoms with Crippen LogP contribution in [-0.2, 0) is 9.59 Å². The number of hydrogen-bond acceptors (Lipinski definition) is 4. The van der Waals surface area contributed by atoms with Crippen LogP contribution in [0.4, 0.5) is 5.69 Å². The number of hydrogen-bond donors (Lipinski definition) is 2. The highest BCUT2D eigenvalue weighted by Gasteiger charge is 2.26. The van der Waals surface area contributed by atoms with Gasteiger partial charge in [0.1, 0.15) is 12.1 Å². The van der Waals surface area contributed by atoms with Gasteiger partial charge >= 0.3 is 0 Å². The summed E-state index contributed by atoms with van der Waals surface area (Å²) in [5.41, 5.74) is 0.906. The molecule has 1 aromatic carbocycles. The van der Waals surface area contributed by atoms with Crippen LogP contribution in [0.25, 0.3) is 0 Å². The predicted octanol–water partition coefficient (Wildman–Crippen LogP) is 1.43. The van der Waals surface area contributed by atoms with E-state index in [9.17, 15) is 9.59 Å². The van der Waals surface area contributed by atoms with Crippen LogP contribution in [0.1, 0.15) is 18.4 Å². The summed E-state index contributed by atoms with van der Waals surface area (Å²) < 4.78 is 0. The lowest BCUT2D eigenvalue weighted by molar-refractivity contribution is -0.133. The van der Waals surface area contributed by atoms with E-state index in [4.69, 9.17) is 16.9 Å². The summed E-state index contributed by atoms with van der Waals surface area (Å²) in [6, 6.07) is 6.27. The fourth-order valence-corrected chi connectivity index (χ4v) is 1.92. The van der Waals surface area contributed by atoms with Crippen LogP contribution in [0.15, 0.2) is 18.2 Å². The molecular weight excluding hydrogens is 254 g/mol.